The number of nitrogens with zero attached hydrogens (tertiary/aromatic N) is 1. The van der Waals surface area contributed by atoms with Gasteiger partial charge in [0.2, 0.25) is 0 Å². The number of hydrogen-bond donors (Lipinski definition) is 1. The molecule has 1 atom stereocenters. The molecule has 33 heavy (non-hydrogen) atoms. The third-order valence-electron chi connectivity index (χ3n) is 5.54. The Labute approximate surface area is 200 Å². The van der Waals surface area contributed by atoms with Crippen molar-refractivity contribution >= 4 is 46.2 Å². The summed E-state index contributed by atoms with van der Waals surface area (Å²) >= 11 is -1.12. The molecule has 3 aromatic rings. The number of urea groups is 1. The van der Waals surface area contributed by atoms with Crippen LogP contribution in [0.5, 0.6) is 0 Å². The van der Waals surface area contributed by atoms with Crippen LogP contribution in [0.1, 0.15) is 17.5 Å². The molecule has 3 aromatic carbocycles. The standard InChI is InChI=1S/C25H25AsN2O4S/c29-24(15-17-33(31,32)23-8-2-1-3-9-23)26-21-10-12-22(13-11-21)27-25(30)28-16-14-19-6-4-5-7-20(19)18-28/h1-13,26H,14-18H2,(H,27,30). The molecule has 0 fully saturated rings. The number of benzene rings is 3. The van der Waals surface area contributed by atoms with E-state index >= 15 is 0 Å². The zero-order valence-electron chi connectivity index (χ0n) is 18.0. The molecule has 0 aliphatic carbocycles. The SMILES string of the molecule is O=C(CCS(=O)(=O)c1ccccc1)[AsH]c1ccc(NC(=O)N2CCc3ccccc3C2)cc1. The van der Waals surface area contributed by atoms with E-state index in [-0.39, 0.29) is 27.7 Å². The monoisotopic (exact) mass is 524 g/mol. The Morgan fingerprint density at radius 1 is 0.879 bits per heavy atom. The topological polar surface area (TPSA) is 83.5 Å². The number of carbonyl (C=O) groups is 2. The summed E-state index contributed by atoms with van der Waals surface area (Å²) in [5.41, 5.74) is 3.14. The Morgan fingerprint density at radius 3 is 2.27 bits per heavy atom. The van der Waals surface area contributed by atoms with E-state index in [1.54, 1.807) is 47.4 Å². The number of anilines is 1. The zero-order valence-corrected chi connectivity index (χ0v) is 20.9. The first-order chi connectivity index (χ1) is 15.9. The predicted molar refractivity (Wildman–Crippen MR) is 131 cm³/mol. The van der Waals surface area contributed by atoms with Crippen LogP contribution in [0.2, 0.25) is 0 Å². The molecular weight excluding hydrogens is 499 g/mol. The number of sulfone groups is 1. The molecule has 1 aliphatic rings. The van der Waals surface area contributed by atoms with E-state index in [1.165, 1.54) is 11.1 Å². The summed E-state index contributed by atoms with van der Waals surface area (Å²) in [6.45, 7) is 1.26. The summed E-state index contributed by atoms with van der Waals surface area (Å²) in [5.74, 6) is -0.174. The van der Waals surface area contributed by atoms with E-state index in [2.05, 4.69) is 17.4 Å². The van der Waals surface area contributed by atoms with Gasteiger partial charge in [-0.25, -0.2) is 0 Å². The maximum absolute atomic E-state index is 12.6. The van der Waals surface area contributed by atoms with Crippen LogP contribution in [-0.2, 0) is 27.6 Å². The van der Waals surface area contributed by atoms with Gasteiger partial charge >= 0.3 is 201 Å². The van der Waals surface area contributed by atoms with Crippen molar-refractivity contribution in [2.75, 3.05) is 17.6 Å². The molecule has 170 valence electrons. The molecular formula is C25H25AsN2O4S. The number of carbonyl (C=O) groups excluding carboxylic acids is 2. The average molecular weight is 524 g/mol. The summed E-state index contributed by atoms with van der Waals surface area (Å²) in [5, 5.41) is 2.92. The summed E-state index contributed by atoms with van der Waals surface area (Å²) < 4.78 is 25.6. The van der Waals surface area contributed by atoms with Gasteiger partial charge in [0.15, 0.2) is 0 Å². The summed E-state index contributed by atoms with van der Waals surface area (Å²) in [4.78, 5) is 27.1. The molecule has 0 saturated heterocycles. The zero-order chi connectivity index (χ0) is 23.3. The molecule has 0 radical (unpaired) electrons. The van der Waals surface area contributed by atoms with Crippen LogP contribution in [0.15, 0.2) is 83.8 Å². The molecule has 0 aromatic heterocycles. The van der Waals surface area contributed by atoms with Gasteiger partial charge in [0, 0.05) is 0 Å². The van der Waals surface area contributed by atoms with Crippen LogP contribution in [0, 0.1) is 0 Å². The number of hydrogen-bond acceptors (Lipinski definition) is 4. The molecule has 0 saturated carbocycles. The maximum atomic E-state index is 12.6. The van der Waals surface area contributed by atoms with E-state index < -0.39 is 25.6 Å². The van der Waals surface area contributed by atoms with Crippen molar-refractivity contribution in [3.05, 3.63) is 90.0 Å². The molecule has 6 nitrogen and oxygen atoms in total. The van der Waals surface area contributed by atoms with Crippen molar-refractivity contribution < 1.29 is 18.0 Å². The molecule has 1 N–H and O–H groups in total. The van der Waals surface area contributed by atoms with Crippen molar-refractivity contribution in [3.63, 3.8) is 0 Å². The normalized spacial score (nSPS) is 13.6. The van der Waals surface area contributed by atoms with Crippen LogP contribution < -0.4 is 9.67 Å². The number of fused-ring (bicyclic) bond motifs is 1. The Balaban J connectivity index is 1.28. The Hall–Kier alpha value is -2.89. The Morgan fingerprint density at radius 2 is 1.55 bits per heavy atom. The summed E-state index contributed by atoms with van der Waals surface area (Å²) in [6.07, 6.45) is 0.863. The fourth-order valence-electron chi connectivity index (χ4n) is 3.70. The van der Waals surface area contributed by atoms with E-state index in [1.807, 2.05) is 24.3 Å². The van der Waals surface area contributed by atoms with Gasteiger partial charge < -0.3 is 0 Å². The van der Waals surface area contributed by atoms with Crippen molar-refractivity contribution in [2.45, 2.75) is 24.3 Å². The molecule has 4 rings (SSSR count). The third kappa shape index (κ3) is 6.12. The van der Waals surface area contributed by atoms with Crippen molar-refractivity contribution in [3.8, 4) is 0 Å². The molecule has 1 heterocycles. The second-order valence-corrected chi connectivity index (χ2v) is 12.9. The molecule has 1 aliphatic heterocycles. The molecule has 1 unspecified atom stereocenters. The van der Waals surface area contributed by atoms with Gasteiger partial charge in [-0.1, -0.05) is 0 Å². The Kier molecular flexibility index (Phi) is 7.31. The molecule has 0 bridgehead atoms. The van der Waals surface area contributed by atoms with Gasteiger partial charge in [-0.05, 0) is 0 Å². The first-order valence-corrected chi connectivity index (χ1v) is 14.5. The number of amides is 2. The third-order valence-corrected chi connectivity index (χ3v) is 9.68. The van der Waals surface area contributed by atoms with Gasteiger partial charge in [0.1, 0.15) is 0 Å². The first-order valence-electron chi connectivity index (χ1n) is 10.7. The number of rotatable bonds is 7. The molecule has 2 amide bonds. The first kappa shape index (κ1) is 23.3. The Bertz CT molecular complexity index is 1240. The molecule has 8 heteroatoms. The van der Waals surface area contributed by atoms with E-state index in [0.29, 0.717) is 18.8 Å². The van der Waals surface area contributed by atoms with Crippen LogP contribution in [0.3, 0.4) is 0 Å². The van der Waals surface area contributed by atoms with Gasteiger partial charge in [-0.2, -0.15) is 0 Å². The minimum atomic E-state index is -3.45. The van der Waals surface area contributed by atoms with Crippen LogP contribution in [0.25, 0.3) is 0 Å². The van der Waals surface area contributed by atoms with Gasteiger partial charge in [-0.3, -0.25) is 0 Å². The fourth-order valence-corrected chi connectivity index (χ4v) is 7.25. The van der Waals surface area contributed by atoms with Crippen molar-refractivity contribution in [1.82, 2.24) is 4.90 Å². The van der Waals surface area contributed by atoms with E-state index in [4.69, 9.17) is 0 Å². The van der Waals surface area contributed by atoms with Crippen LogP contribution in [0.4, 0.5) is 10.5 Å². The van der Waals surface area contributed by atoms with E-state index in [0.717, 1.165) is 10.8 Å². The number of nitrogens with one attached hydrogen (secondary N) is 1. The van der Waals surface area contributed by atoms with Gasteiger partial charge in [0.05, 0.1) is 0 Å². The van der Waals surface area contributed by atoms with Crippen molar-refractivity contribution in [1.29, 1.82) is 0 Å². The van der Waals surface area contributed by atoms with Crippen LogP contribution >= 0.6 is 0 Å². The summed E-state index contributed by atoms with van der Waals surface area (Å²) in [7, 11) is -3.45. The predicted octanol–water partition coefficient (Wildman–Crippen LogP) is 2.73. The minimum absolute atomic E-state index is 0.0155. The van der Waals surface area contributed by atoms with E-state index in [9.17, 15) is 18.0 Å². The average Bonchev–Trinajstić information content (AvgIpc) is 2.84. The van der Waals surface area contributed by atoms with Gasteiger partial charge in [-0.15, -0.1) is 0 Å². The quantitative estimate of drug-likeness (QED) is 0.482. The second-order valence-electron chi connectivity index (χ2n) is 7.88. The second kappa shape index (κ2) is 10.4. The van der Waals surface area contributed by atoms with Crippen molar-refractivity contribution in [2.24, 2.45) is 0 Å². The van der Waals surface area contributed by atoms with Crippen LogP contribution in [-0.4, -0.2) is 52.0 Å². The summed E-state index contributed by atoms with van der Waals surface area (Å²) in [6, 6.07) is 23.5. The van der Waals surface area contributed by atoms with Gasteiger partial charge in [0.25, 0.3) is 0 Å². The fraction of sp³-hybridized carbons (Fsp3) is 0.200. The molecule has 0 spiro atoms.